The topological polar surface area (TPSA) is 61.4 Å². The molecule has 1 amide bonds. The Morgan fingerprint density at radius 3 is 2.84 bits per heavy atom. The zero-order valence-electron chi connectivity index (χ0n) is 10.5. The second kappa shape index (κ2) is 5.63. The van der Waals surface area contributed by atoms with Gasteiger partial charge in [0, 0.05) is 18.2 Å². The first-order chi connectivity index (χ1) is 8.97. The van der Waals surface area contributed by atoms with Crippen LogP contribution in [0.15, 0.2) is 18.2 Å². The highest BCUT2D eigenvalue weighted by Crippen LogP contribution is 2.18. The number of hydrogen-bond donors (Lipinski definition) is 3. The molecule has 0 radical (unpaired) electrons. The lowest BCUT2D eigenvalue weighted by Crippen LogP contribution is -2.41. The van der Waals surface area contributed by atoms with Crippen LogP contribution in [0.5, 0.6) is 0 Å². The van der Waals surface area contributed by atoms with E-state index in [0.29, 0.717) is 13.0 Å². The second-order valence-electron chi connectivity index (χ2n) is 4.75. The lowest BCUT2D eigenvalue weighted by molar-refractivity contribution is -0.123. The average Bonchev–Trinajstić information content (AvgIpc) is 2.75. The maximum atomic E-state index is 13.5. The maximum absolute atomic E-state index is 13.5. The number of benzene rings is 1. The molecule has 1 aromatic rings. The number of aliphatic hydroxyl groups excluding tert-OH is 1. The van der Waals surface area contributed by atoms with E-state index >= 15 is 0 Å². The Labute approximate surface area is 109 Å². The number of carbonyl (C=O) groups is 1. The normalized spacial score (nSPS) is 24.2. The summed E-state index contributed by atoms with van der Waals surface area (Å²) >= 11 is 0. The molecule has 1 aromatic carbocycles. The van der Waals surface area contributed by atoms with E-state index in [4.69, 9.17) is 0 Å². The van der Waals surface area contributed by atoms with Crippen LogP contribution >= 0.6 is 0 Å². The second-order valence-corrected chi connectivity index (χ2v) is 4.75. The minimum absolute atomic E-state index is 0.230. The van der Waals surface area contributed by atoms with Crippen LogP contribution in [0.25, 0.3) is 0 Å². The molecule has 1 fully saturated rings. The first kappa shape index (κ1) is 13.9. The molecule has 1 aliphatic heterocycles. The minimum atomic E-state index is -0.688. The van der Waals surface area contributed by atoms with Gasteiger partial charge in [-0.05, 0) is 19.4 Å². The van der Waals surface area contributed by atoms with Crippen molar-refractivity contribution in [2.45, 2.75) is 31.5 Å². The largest absolute Gasteiger partial charge is 0.392 e. The number of halogens is 2. The summed E-state index contributed by atoms with van der Waals surface area (Å²) in [5.41, 5.74) is 0.230. The van der Waals surface area contributed by atoms with Gasteiger partial charge in [0.1, 0.15) is 11.6 Å². The van der Waals surface area contributed by atoms with E-state index in [9.17, 15) is 18.7 Å². The fourth-order valence-corrected chi connectivity index (χ4v) is 2.16. The highest BCUT2D eigenvalue weighted by atomic mass is 19.1. The Morgan fingerprint density at radius 2 is 2.26 bits per heavy atom. The van der Waals surface area contributed by atoms with Gasteiger partial charge in [-0.25, -0.2) is 8.78 Å². The minimum Gasteiger partial charge on any atom is -0.392 e. The number of β-amino-alcohol motifs (C(OH)–C–C–N with tert-alkyl or cyclic N) is 1. The molecule has 0 saturated carbocycles. The Kier molecular flexibility index (Phi) is 4.11. The average molecular weight is 270 g/mol. The molecule has 0 bridgehead atoms. The molecule has 2 rings (SSSR count). The molecule has 19 heavy (non-hydrogen) atoms. The zero-order chi connectivity index (χ0) is 14.0. The van der Waals surface area contributed by atoms with E-state index in [2.05, 4.69) is 10.6 Å². The monoisotopic (exact) mass is 270 g/mol. The number of carbonyl (C=O) groups excluding carboxylic acids is 1. The molecule has 1 saturated heterocycles. The number of nitrogens with one attached hydrogen (secondary N) is 2. The summed E-state index contributed by atoms with van der Waals surface area (Å²) < 4.78 is 26.3. The Hall–Kier alpha value is -1.53. The molecule has 0 aromatic heterocycles. The number of rotatable bonds is 3. The molecule has 0 spiro atoms. The summed E-state index contributed by atoms with van der Waals surface area (Å²) in [4.78, 5) is 11.9. The van der Waals surface area contributed by atoms with Crippen LogP contribution in [-0.2, 0) is 4.79 Å². The van der Waals surface area contributed by atoms with Gasteiger partial charge in [-0.15, -0.1) is 0 Å². The molecule has 104 valence electrons. The van der Waals surface area contributed by atoms with Crippen molar-refractivity contribution < 1.29 is 18.7 Å². The zero-order valence-corrected chi connectivity index (χ0v) is 10.5. The highest BCUT2D eigenvalue weighted by molar-refractivity contribution is 5.82. The summed E-state index contributed by atoms with van der Waals surface area (Å²) in [5.74, 6) is -1.64. The smallest absolute Gasteiger partial charge is 0.237 e. The highest BCUT2D eigenvalue weighted by Gasteiger charge is 2.29. The Balaban J connectivity index is 2.00. The predicted octanol–water partition coefficient (Wildman–Crippen LogP) is 0.865. The lowest BCUT2D eigenvalue weighted by Gasteiger charge is -2.18. The van der Waals surface area contributed by atoms with E-state index in [-0.39, 0.29) is 11.5 Å². The quantitative estimate of drug-likeness (QED) is 0.763. The third-order valence-electron chi connectivity index (χ3n) is 3.21. The first-order valence-electron chi connectivity index (χ1n) is 6.14. The van der Waals surface area contributed by atoms with Crippen molar-refractivity contribution in [3.05, 3.63) is 35.4 Å². The van der Waals surface area contributed by atoms with E-state index in [1.165, 1.54) is 6.07 Å². The van der Waals surface area contributed by atoms with Crippen molar-refractivity contribution in [3.63, 3.8) is 0 Å². The number of aliphatic hydroxyl groups is 1. The number of amides is 1. The van der Waals surface area contributed by atoms with Gasteiger partial charge in [0.05, 0.1) is 18.2 Å². The van der Waals surface area contributed by atoms with Crippen molar-refractivity contribution >= 4 is 5.91 Å². The molecule has 3 unspecified atom stereocenters. The van der Waals surface area contributed by atoms with Crippen molar-refractivity contribution in [1.82, 2.24) is 10.6 Å². The van der Waals surface area contributed by atoms with Gasteiger partial charge < -0.3 is 15.7 Å². The fourth-order valence-electron chi connectivity index (χ4n) is 2.16. The van der Waals surface area contributed by atoms with Crippen LogP contribution in [0.2, 0.25) is 0 Å². The lowest BCUT2D eigenvalue weighted by atomic mass is 10.1. The van der Waals surface area contributed by atoms with E-state index in [1.807, 2.05) is 0 Å². The van der Waals surface area contributed by atoms with Gasteiger partial charge in [-0.1, -0.05) is 6.07 Å². The third kappa shape index (κ3) is 3.27. The summed E-state index contributed by atoms with van der Waals surface area (Å²) in [7, 11) is 0. The van der Waals surface area contributed by atoms with Gasteiger partial charge in [-0.2, -0.15) is 0 Å². The van der Waals surface area contributed by atoms with Crippen LogP contribution in [-0.4, -0.2) is 29.7 Å². The third-order valence-corrected chi connectivity index (χ3v) is 3.21. The maximum Gasteiger partial charge on any atom is 0.237 e. The number of hydrogen-bond acceptors (Lipinski definition) is 3. The van der Waals surface area contributed by atoms with Crippen LogP contribution in [0, 0.1) is 11.6 Å². The van der Waals surface area contributed by atoms with Crippen molar-refractivity contribution in [2.24, 2.45) is 0 Å². The van der Waals surface area contributed by atoms with Crippen LogP contribution in [0.3, 0.4) is 0 Å². The first-order valence-corrected chi connectivity index (χ1v) is 6.14. The molecule has 1 aliphatic rings. The SMILES string of the molecule is CC(NC(=O)C1CC(O)CN1)c1ccc(F)cc1F. The van der Waals surface area contributed by atoms with Crippen LogP contribution in [0.1, 0.15) is 24.9 Å². The van der Waals surface area contributed by atoms with Gasteiger partial charge in [0.15, 0.2) is 0 Å². The van der Waals surface area contributed by atoms with Crippen LogP contribution < -0.4 is 10.6 Å². The van der Waals surface area contributed by atoms with E-state index in [1.54, 1.807) is 6.92 Å². The van der Waals surface area contributed by atoms with Crippen molar-refractivity contribution in [1.29, 1.82) is 0 Å². The molecule has 1 heterocycles. The Morgan fingerprint density at radius 1 is 1.53 bits per heavy atom. The molecular formula is C13H16F2N2O2. The molecule has 0 aliphatic carbocycles. The molecular weight excluding hydrogens is 254 g/mol. The van der Waals surface area contributed by atoms with Gasteiger partial charge in [0.25, 0.3) is 0 Å². The van der Waals surface area contributed by atoms with Gasteiger partial charge in [0.2, 0.25) is 5.91 Å². The summed E-state index contributed by atoms with van der Waals surface area (Å²) in [6, 6.07) is 2.22. The van der Waals surface area contributed by atoms with Crippen molar-refractivity contribution in [3.8, 4) is 0 Å². The fraction of sp³-hybridized carbons (Fsp3) is 0.462. The van der Waals surface area contributed by atoms with E-state index in [0.717, 1.165) is 12.1 Å². The summed E-state index contributed by atoms with van der Waals surface area (Å²) in [5, 5.41) is 14.8. The van der Waals surface area contributed by atoms with Gasteiger partial charge in [-0.3, -0.25) is 4.79 Å². The Bertz CT molecular complexity index is 482. The predicted molar refractivity (Wildman–Crippen MR) is 65.3 cm³/mol. The standard InChI is InChI=1S/C13H16F2N2O2/c1-7(10-3-2-8(14)4-11(10)15)17-13(19)12-5-9(18)6-16-12/h2-4,7,9,12,16,18H,5-6H2,1H3,(H,17,19). The van der Waals surface area contributed by atoms with Crippen LogP contribution in [0.4, 0.5) is 8.78 Å². The molecule has 3 N–H and O–H groups in total. The molecule has 6 heteroatoms. The molecule has 4 nitrogen and oxygen atoms in total. The summed E-state index contributed by atoms with van der Waals surface area (Å²) in [6.45, 7) is 2.00. The summed E-state index contributed by atoms with van der Waals surface area (Å²) in [6.07, 6.45) is -0.196. The van der Waals surface area contributed by atoms with Crippen molar-refractivity contribution in [2.75, 3.05) is 6.54 Å². The van der Waals surface area contributed by atoms with Gasteiger partial charge >= 0.3 is 0 Å². The molecule has 3 atom stereocenters. The van der Waals surface area contributed by atoms with E-state index < -0.39 is 29.8 Å².